The van der Waals surface area contributed by atoms with E-state index >= 15 is 0 Å². The third-order valence-electron chi connectivity index (χ3n) is 3.37. The lowest BCUT2D eigenvalue weighted by molar-refractivity contribution is 0.0697. The summed E-state index contributed by atoms with van der Waals surface area (Å²) in [5.74, 6) is -1.07. The molecule has 2 amide bonds. The number of urea groups is 1. The van der Waals surface area contributed by atoms with Gasteiger partial charge in [0.15, 0.2) is 0 Å². The van der Waals surface area contributed by atoms with Gasteiger partial charge in [-0.2, -0.15) is 0 Å². The van der Waals surface area contributed by atoms with Crippen molar-refractivity contribution in [2.75, 3.05) is 11.9 Å². The standard InChI is InChI=1S/C13H20N2O4S/c1-5-13(4,6-16)15-12(19)14-10-9(11(17)18)7(2)8(3)20-10/h16H,5-6H2,1-4H3,(H,17,18)(H2,14,15,19). The number of hydrogen-bond acceptors (Lipinski definition) is 4. The molecule has 0 aliphatic carbocycles. The van der Waals surface area contributed by atoms with Crippen molar-refractivity contribution >= 4 is 28.3 Å². The Bertz CT molecular complexity index is 521. The van der Waals surface area contributed by atoms with Gasteiger partial charge in [-0.1, -0.05) is 6.92 Å². The first kappa shape index (κ1) is 16.5. The van der Waals surface area contributed by atoms with Gasteiger partial charge in [0.2, 0.25) is 0 Å². The number of amides is 2. The number of hydrogen-bond donors (Lipinski definition) is 4. The van der Waals surface area contributed by atoms with E-state index < -0.39 is 17.5 Å². The van der Waals surface area contributed by atoms with Gasteiger partial charge in [-0.3, -0.25) is 5.32 Å². The van der Waals surface area contributed by atoms with Crippen LogP contribution in [0.25, 0.3) is 0 Å². The van der Waals surface area contributed by atoms with Crippen LogP contribution in [0.15, 0.2) is 0 Å². The number of anilines is 1. The summed E-state index contributed by atoms with van der Waals surface area (Å²) >= 11 is 1.22. The monoisotopic (exact) mass is 300 g/mol. The summed E-state index contributed by atoms with van der Waals surface area (Å²) in [5, 5.41) is 24.0. The molecule has 0 saturated carbocycles. The minimum atomic E-state index is -1.07. The van der Waals surface area contributed by atoms with Crippen molar-refractivity contribution in [2.24, 2.45) is 0 Å². The molecule has 1 aromatic rings. The zero-order valence-corrected chi connectivity index (χ0v) is 12.8. The highest BCUT2D eigenvalue weighted by atomic mass is 32.1. The van der Waals surface area contributed by atoms with Gasteiger partial charge < -0.3 is 15.5 Å². The molecule has 4 N–H and O–H groups in total. The normalized spacial score (nSPS) is 13.7. The van der Waals surface area contributed by atoms with Crippen molar-refractivity contribution in [1.82, 2.24) is 5.32 Å². The molecule has 0 aliphatic heterocycles. The first-order chi connectivity index (χ1) is 9.24. The molecule has 1 aromatic heterocycles. The molecule has 0 bridgehead atoms. The molecule has 7 heteroatoms. The van der Waals surface area contributed by atoms with Crippen molar-refractivity contribution in [3.05, 3.63) is 16.0 Å². The number of aromatic carboxylic acids is 1. The highest BCUT2D eigenvalue weighted by Crippen LogP contribution is 2.32. The number of carbonyl (C=O) groups is 2. The van der Waals surface area contributed by atoms with Crippen molar-refractivity contribution < 1.29 is 19.8 Å². The number of thiophene rings is 1. The Labute approximate surface area is 121 Å². The van der Waals surface area contributed by atoms with Crippen molar-refractivity contribution in [3.8, 4) is 0 Å². The lowest BCUT2D eigenvalue weighted by atomic mass is 10.0. The van der Waals surface area contributed by atoms with Crippen molar-refractivity contribution in [2.45, 2.75) is 39.7 Å². The van der Waals surface area contributed by atoms with Crippen LogP contribution < -0.4 is 10.6 Å². The second-order valence-electron chi connectivity index (χ2n) is 4.94. The number of carboxylic acid groups (broad SMARTS) is 1. The highest BCUT2D eigenvalue weighted by molar-refractivity contribution is 7.16. The summed E-state index contributed by atoms with van der Waals surface area (Å²) < 4.78 is 0. The van der Waals surface area contributed by atoms with E-state index in [0.29, 0.717) is 17.0 Å². The van der Waals surface area contributed by atoms with Gasteiger partial charge in [0.25, 0.3) is 0 Å². The van der Waals surface area contributed by atoms with Gasteiger partial charge in [-0.15, -0.1) is 11.3 Å². The van der Waals surface area contributed by atoms with E-state index in [4.69, 9.17) is 0 Å². The Balaban J connectivity index is 2.92. The smallest absolute Gasteiger partial charge is 0.338 e. The summed E-state index contributed by atoms with van der Waals surface area (Å²) in [6.07, 6.45) is 0.561. The number of nitrogens with one attached hydrogen (secondary N) is 2. The summed E-state index contributed by atoms with van der Waals surface area (Å²) in [7, 11) is 0. The van der Waals surface area contributed by atoms with Crippen LogP contribution in [0.4, 0.5) is 9.80 Å². The SMILES string of the molecule is CCC(C)(CO)NC(=O)Nc1sc(C)c(C)c1C(=O)O. The van der Waals surface area contributed by atoms with Crippen LogP contribution in [-0.4, -0.2) is 34.4 Å². The van der Waals surface area contributed by atoms with Crippen LogP contribution >= 0.6 is 11.3 Å². The van der Waals surface area contributed by atoms with E-state index in [2.05, 4.69) is 10.6 Å². The summed E-state index contributed by atoms with van der Waals surface area (Å²) in [5.41, 5.74) is 0.0394. The summed E-state index contributed by atoms with van der Waals surface area (Å²) in [4.78, 5) is 24.0. The maximum atomic E-state index is 11.9. The van der Waals surface area contributed by atoms with E-state index in [1.807, 2.05) is 6.92 Å². The van der Waals surface area contributed by atoms with Crippen LogP contribution in [0, 0.1) is 13.8 Å². The maximum absolute atomic E-state index is 11.9. The fourth-order valence-corrected chi connectivity index (χ4v) is 2.67. The van der Waals surface area contributed by atoms with Crippen LogP contribution in [0.2, 0.25) is 0 Å². The third-order valence-corrected chi connectivity index (χ3v) is 4.49. The van der Waals surface area contributed by atoms with E-state index in [1.54, 1.807) is 20.8 Å². The van der Waals surface area contributed by atoms with Gasteiger partial charge in [0.1, 0.15) is 5.00 Å². The van der Waals surface area contributed by atoms with Crippen LogP contribution in [0.5, 0.6) is 0 Å². The lowest BCUT2D eigenvalue weighted by Gasteiger charge is -2.27. The quantitative estimate of drug-likeness (QED) is 0.670. The third kappa shape index (κ3) is 3.49. The highest BCUT2D eigenvalue weighted by Gasteiger charge is 2.25. The van der Waals surface area contributed by atoms with Crippen molar-refractivity contribution in [1.29, 1.82) is 0 Å². The van der Waals surface area contributed by atoms with Gasteiger partial charge >= 0.3 is 12.0 Å². The number of carbonyl (C=O) groups excluding carboxylic acids is 1. The van der Waals surface area contributed by atoms with E-state index in [1.165, 1.54) is 11.3 Å². The minimum absolute atomic E-state index is 0.116. The molecule has 0 radical (unpaired) electrons. The number of carboxylic acids is 1. The molecule has 1 heterocycles. The molecule has 0 fully saturated rings. The van der Waals surface area contributed by atoms with E-state index in [9.17, 15) is 19.8 Å². The Morgan fingerprint density at radius 1 is 1.35 bits per heavy atom. The van der Waals surface area contributed by atoms with Crippen LogP contribution in [0.3, 0.4) is 0 Å². The van der Waals surface area contributed by atoms with E-state index in [-0.39, 0.29) is 12.2 Å². The average Bonchev–Trinajstić information content (AvgIpc) is 2.64. The predicted octanol–water partition coefficient (Wildman–Crippen LogP) is 2.35. The van der Waals surface area contributed by atoms with Gasteiger partial charge in [-0.05, 0) is 32.8 Å². The van der Waals surface area contributed by atoms with E-state index in [0.717, 1.165) is 4.88 Å². The zero-order chi connectivity index (χ0) is 15.5. The molecule has 1 unspecified atom stereocenters. The van der Waals surface area contributed by atoms with Crippen LogP contribution in [-0.2, 0) is 0 Å². The van der Waals surface area contributed by atoms with Crippen LogP contribution in [0.1, 0.15) is 41.1 Å². The molecule has 0 aromatic carbocycles. The summed E-state index contributed by atoms with van der Waals surface area (Å²) in [6.45, 7) is 6.89. The predicted molar refractivity (Wildman–Crippen MR) is 78.7 cm³/mol. The molecule has 1 atom stereocenters. The molecule has 112 valence electrons. The minimum Gasteiger partial charge on any atom is -0.478 e. The Kier molecular flexibility index (Phi) is 5.13. The Hall–Kier alpha value is -1.60. The molecule has 0 saturated heterocycles. The second kappa shape index (κ2) is 6.23. The van der Waals surface area contributed by atoms with Gasteiger partial charge in [-0.25, -0.2) is 9.59 Å². The first-order valence-electron chi connectivity index (χ1n) is 6.27. The molecule has 20 heavy (non-hydrogen) atoms. The zero-order valence-electron chi connectivity index (χ0n) is 12.0. The fraction of sp³-hybridized carbons (Fsp3) is 0.538. The Morgan fingerprint density at radius 2 is 1.95 bits per heavy atom. The lowest BCUT2D eigenvalue weighted by Crippen LogP contribution is -2.50. The van der Waals surface area contributed by atoms with Crippen molar-refractivity contribution in [3.63, 3.8) is 0 Å². The second-order valence-corrected chi connectivity index (χ2v) is 6.17. The average molecular weight is 300 g/mol. The fourth-order valence-electron chi connectivity index (χ4n) is 1.62. The van der Waals surface area contributed by atoms with Gasteiger partial charge in [0.05, 0.1) is 17.7 Å². The first-order valence-corrected chi connectivity index (χ1v) is 7.09. The summed E-state index contributed by atoms with van der Waals surface area (Å²) in [6, 6.07) is -0.521. The maximum Gasteiger partial charge on any atom is 0.338 e. The Morgan fingerprint density at radius 3 is 2.40 bits per heavy atom. The molecule has 0 spiro atoms. The molecular formula is C13H20N2O4S. The number of aliphatic hydroxyl groups excluding tert-OH is 1. The largest absolute Gasteiger partial charge is 0.478 e. The number of aliphatic hydroxyl groups is 1. The molecule has 6 nitrogen and oxygen atoms in total. The van der Waals surface area contributed by atoms with Gasteiger partial charge in [0, 0.05) is 4.88 Å². The molecular weight excluding hydrogens is 280 g/mol. The number of rotatable bonds is 5. The molecule has 0 aliphatic rings. The number of aryl methyl sites for hydroxylation is 1. The topological polar surface area (TPSA) is 98.7 Å². The molecule has 1 rings (SSSR count).